The number of benzene rings is 1. The Hall–Kier alpha value is -1.61. The predicted molar refractivity (Wildman–Crippen MR) is 91.6 cm³/mol. The zero-order valence-corrected chi connectivity index (χ0v) is 14.2. The molecular formula is C19H27N2O+. The van der Waals surface area contributed by atoms with Crippen LogP contribution < -0.4 is 10.3 Å². The molecule has 2 aromatic rings. The van der Waals surface area contributed by atoms with Crippen molar-refractivity contribution < 1.29 is 4.90 Å². The van der Waals surface area contributed by atoms with Gasteiger partial charge in [0.05, 0.1) is 24.2 Å². The van der Waals surface area contributed by atoms with E-state index in [1.807, 2.05) is 13.0 Å². The van der Waals surface area contributed by atoms with Gasteiger partial charge in [-0.15, -0.1) is 0 Å². The van der Waals surface area contributed by atoms with Gasteiger partial charge >= 0.3 is 0 Å². The molecule has 2 heterocycles. The Balaban J connectivity index is 2.04. The van der Waals surface area contributed by atoms with Gasteiger partial charge in [-0.25, -0.2) is 0 Å². The van der Waals surface area contributed by atoms with Crippen LogP contribution in [-0.4, -0.2) is 18.1 Å². The zero-order valence-electron chi connectivity index (χ0n) is 14.2. The number of nitrogens with one attached hydrogen (secondary N) is 2. The molecule has 0 radical (unpaired) electrons. The molecule has 0 amide bonds. The Morgan fingerprint density at radius 3 is 2.77 bits per heavy atom. The lowest BCUT2D eigenvalue weighted by atomic mass is 9.98. The summed E-state index contributed by atoms with van der Waals surface area (Å²) in [6, 6.07) is 4.16. The highest BCUT2D eigenvalue weighted by molar-refractivity contribution is 5.83. The van der Waals surface area contributed by atoms with Crippen molar-refractivity contribution in [3.8, 4) is 0 Å². The molecule has 118 valence electrons. The third kappa shape index (κ3) is 2.82. The van der Waals surface area contributed by atoms with Gasteiger partial charge in [0.15, 0.2) is 5.43 Å². The molecule has 0 bridgehead atoms. The molecule has 3 rings (SSSR count). The summed E-state index contributed by atoms with van der Waals surface area (Å²) in [6.45, 7) is 11.7. The number of pyridine rings is 1. The van der Waals surface area contributed by atoms with Gasteiger partial charge in [-0.2, -0.15) is 0 Å². The van der Waals surface area contributed by atoms with Crippen LogP contribution in [0.15, 0.2) is 16.9 Å². The lowest BCUT2D eigenvalue weighted by molar-refractivity contribution is -0.922. The van der Waals surface area contributed by atoms with Crippen LogP contribution in [0.25, 0.3) is 10.9 Å². The normalized spacial score (nSPS) is 22.2. The molecule has 1 fully saturated rings. The van der Waals surface area contributed by atoms with Crippen molar-refractivity contribution in [2.75, 3.05) is 13.1 Å². The summed E-state index contributed by atoms with van der Waals surface area (Å²) in [4.78, 5) is 18.0. The molecule has 1 aliphatic heterocycles. The highest BCUT2D eigenvalue weighted by Crippen LogP contribution is 2.17. The summed E-state index contributed by atoms with van der Waals surface area (Å²) >= 11 is 0. The number of hydrogen-bond acceptors (Lipinski definition) is 1. The zero-order chi connectivity index (χ0) is 15.9. The summed E-state index contributed by atoms with van der Waals surface area (Å²) in [5.74, 6) is 0.771. The smallest absolute Gasteiger partial charge is 0.198 e. The molecule has 0 aliphatic carbocycles. The van der Waals surface area contributed by atoms with Crippen LogP contribution in [0.1, 0.15) is 42.1 Å². The van der Waals surface area contributed by atoms with E-state index in [2.05, 4.69) is 31.8 Å². The maximum absolute atomic E-state index is 13.0. The van der Waals surface area contributed by atoms with Crippen molar-refractivity contribution in [3.05, 3.63) is 44.7 Å². The fraction of sp³-hybridized carbons (Fsp3) is 0.526. The van der Waals surface area contributed by atoms with Gasteiger partial charge in [-0.3, -0.25) is 4.79 Å². The monoisotopic (exact) mass is 299 g/mol. The van der Waals surface area contributed by atoms with E-state index in [9.17, 15) is 4.79 Å². The van der Waals surface area contributed by atoms with Crippen LogP contribution in [0.5, 0.6) is 0 Å². The number of hydrogen-bond donors (Lipinski definition) is 2. The SMILES string of the molecule is Cc1cc(C)c2[nH]c(C)c(C[NH+]3CCC[C@@H](C)C3)c(=O)c2c1. The number of quaternary nitrogens is 1. The number of fused-ring (bicyclic) bond motifs is 1. The van der Waals surface area contributed by atoms with Crippen molar-refractivity contribution in [2.24, 2.45) is 5.92 Å². The summed E-state index contributed by atoms with van der Waals surface area (Å²) in [5, 5.41) is 0.850. The van der Waals surface area contributed by atoms with E-state index in [4.69, 9.17) is 0 Å². The molecule has 2 atom stereocenters. The first-order chi connectivity index (χ1) is 10.5. The first-order valence-electron chi connectivity index (χ1n) is 8.42. The lowest BCUT2D eigenvalue weighted by Gasteiger charge is -2.28. The number of aromatic amines is 1. The second kappa shape index (κ2) is 5.88. The van der Waals surface area contributed by atoms with Gasteiger partial charge < -0.3 is 9.88 Å². The molecule has 3 heteroatoms. The van der Waals surface area contributed by atoms with Crippen molar-refractivity contribution in [3.63, 3.8) is 0 Å². The fourth-order valence-electron chi connectivity index (χ4n) is 3.93. The largest absolute Gasteiger partial charge is 0.358 e. The predicted octanol–water partition coefficient (Wildman–Crippen LogP) is 2.27. The Labute approximate surface area is 132 Å². The maximum atomic E-state index is 13.0. The van der Waals surface area contributed by atoms with E-state index in [-0.39, 0.29) is 5.43 Å². The number of rotatable bonds is 2. The van der Waals surface area contributed by atoms with Crippen LogP contribution in [0, 0.1) is 26.7 Å². The van der Waals surface area contributed by atoms with Crippen LogP contribution in [-0.2, 0) is 6.54 Å². The van der Waals surface area contributed by atoms with Crippen LogP contribution in [0.3, 0.4) is 0 Å². The number of likely N-dealkylation sites (tertiary alicyclic amines) is 1. The number of piperidine rings is 1. The van der Waals surface area contributed by atoms with Gasteiger partial charge in [0.2, 0.25) is 0 Å². The van der Waals surface area contributed by atoms with Gasteiger partial charge in [-0.05, 0) is 50.8 Å². The first kappa shape index (κ1) is 15.3. The minimum absolute atomic E-state index is 0.226. The average molecular weight is 299 g/mol. The summed E-state index contributed by atoms with van der Waals surface area (Å²) in [5.41, 5.74) is 5.55. The summed E-state index contributed by atoms with van der Waals surface area (Å²) < 4.78 is 0. The first-order valence-corrected chi connectivity index (χ1v) is 8.42. The average Bonchev–Trinajstić information content (AvgIpc) is 2.45. The molecule has 0 saturated carbocycles. The number of H-pyrrole nitrogens is 1. The van der Waals surface area contributed by atoms with E-state index in [1.54, 1.807) is 4.90 Å². The molecule has 1 aromatic carbocycles. The second-order valence-corrected chi connectivity index (χ2v) is 7.19. The molecule has 22 heavy (non-hydrogen) atoms. The quantitative estimate of drug-likeness (QED) is 0.877. The van der Waals surface area contributed by atoms with Crippen LogP contribution in [0.4, 0.5) is 0 Å². The van der Waals surface area contributed by atoms with Crippen LogP contribution in [0.2, 0.25) is 0 Å². The van der Waals surface area contributed by atoms with Crippen molar-refractivity contribution >= 4 is 10.9 Å². The van der Waals surface area contributed by atoms with E-state index in [1.165, 1.54) is 25.9 Å². The van der Waals surface area contributed by atoms with Gasteiger partial charge in [0.25, 0.3) is 0 Å². The second-order valence-electron chi connectivity index (χ2n) is 7.19. The lowest BCUT2D eigenvalue weighted by Crippen LogP contribution is -3.12. The van der Waals surface area contributed by atoms with Gasteiger partial charge in [0, 0.05) is 17.0 Å². The summed E-state index contributed by atoms with van der Waals surface area (Å²) in [6.07, 6.45) is 2.61. The summed E-state index contributed by atoms with van der Waals surface area (Å²) in [7, 11) is 0. The van der Waals surface area contributed by atoms with Gasteiger partial charge in [0.1, 0.15) is 6.54 Å². The molecule has 0 spiro atoms. The Morgan fingerprint density at radius 1 is 1.27 bits per heavy atom. The van der Waals surface area contributed by atoms with E-state index in [0.29, 0.717) is 0 Å². The Morgan fingerprint density at radius 2 is 2.05 bits per heavy atom. The minimum atomic E-state index is 0.226. The third-order valence-corrected chi connectivity index (χ3v) is 5.05. The highest BCUT2D eigenvalue weighted by atomic mass is 16.1. The van der Waals surface area contributed by atoms with Gasteiger partial charge in [-0.1, -0.05) is 13.0 Å². The third-order valence-electron chi connectivity index (χ3n) is 5.05. The van der Waals surface area contributed by atoms with Crippen molar-refractivity contribution in [1.29, 1.82) is 0 Å². The highest BCUT2D eigenvalue weighted by Gasteiger charge is 2.22. The molecular weight excluding hydrogens is 272 g/mol. The number of aryl methyl sites for hydroxylation is 3. The van der Waals surface area contributed by atoms with Crippen LogP contribution >= 0.6 is 0 Å². The van der Waals surface area contributed by atoms with Crippen molar-refractivity contribution in [1.82, 2.24) is 4.98 Å². The standard InChI is InChI=1S/C19H26N2O/c1-12-6-5-7-21(10-12)11-17-15(4)20-18-14(3)8-13(2)9-16(18)19(17)22/h8-9,12H,5-7,10-11H2,1-4H3,(H,20,22)/p+1/t12-/m1/s1. The van der Waals surface area contributed by atoms with E-state index >= 15 is 0 Å². The molecule has 1 aliphatic rings. The fourth-order valence-corrected chi connectivity index (χ4v) is 3.93. The topological polar surface area (TPSA) is 37.3 Å². The molecule has 1 saturated heterocycles. The molecule has 2 N–H and O–H groups in total. The number of aromatic nitrogens is 1. The molecule has 1 unspecified atom stereocenters. The Bertz CT molecular complexity index is 760. The maximum Gasteiger partial charge on any atom is 0.198 e. The molecule has 1 aromatic heterocycles. The van der Waals surface area contributed by atoms with E-state index < -0.39 is 0 Å². The Kier molecular flexibility index (Phi) is 4.09. The van der Waals surface area contributed by atoms with Crippen molar-refractivity contribution in [2.45, 2.75) is 47.1 Å². The minimum Gasteiger partial charge on any atom is -0.358 e. The van der Waals surface area contributed by atoms with E-state index in [0.717, 1.165) is 45.7 Å². The molecule has 3 nitrogen and oxygen atoms in total.